The minimum absolute atomic E-state index is 0.0113. The third-order valence-electron chi connectivity index (χ3n) is 3.83. The number of rotatable bonds is 8. The van der Waals surface area contributed by atoms with Crippen LogP contribution in [0.1, 0.15) is 52.2 Å². The molecule has 0 saturated carbocycles. The molecule has 0 spiro atoms. The van der Waals surface area contributed by atoms with E-state index in [9.17, 15) is 19.5 Å². The van der Waals surface area contributed by atoms with Crippen LogP contribution in [0.3, 0.4) is 0 Å². The normalized spacial score (nSPS) is 13.1. The van der Waals surface area contributed by atoms with Gasteiger partial charge in [0.15, 0.2) is 0 Å². The number of nitriles is 1. The highest BCUT2D eigenvalue weighted by molar-refractivity contribution is 5.89. The lowest BCUT2D eigenvalue weighted by Crippen LogP contribution is -2.53. The molecule has 8 heteroatoms. The number of nitrogens with zero attached hydrogens (tertiary/aromatic N) is 1. The van der Waals surface area contributed by atoms with E-state index in [-0.39, 0.29) is 12.3 Å². The van der Waals surface area contributed by atoms with Gasteiger partial charge in [-0.05, 0) is 50.8 Å². The third kappa shape index (κ3) is 9.10. The number of carboxylic acid groups (broad SMARTS) is 1. The van der Waals surface area contributed by atoms with Crippen LogP contribution in [0.4, 0.5) is 4.79 Å². The highest BCUT2D eigenvalue weighted by Crippen LogP contribution is 2.11. The van der Waals surface area contributed by atoms with Crippen molar-refractivity contribution >= 4 is 18.0 Å². The maximum absolute atomic E-state index is 12.7. The summed E-state index contributed by atoms with van der Waals surface area (Å²) in [6.07, 6.45) is -0.412. The predicted molar refractivity (Wildman–Crippen MR) is 107 cm³/mol. The average Bonchev–Trinajstić information content (AvgIpc) is 2.58. The van der Waals surface area contributed by atoms with E-state index in [1.54, 1.807) is 45.0 Å². The van der Waals surface area contributed by atoms with Gasteiger partial charge in [0, 0.05) is 6.42 Å². The standard InChI is InChI=1S/C21H29N3O5/c1-13(2)9-16(24-20(28)29-21(3,4)5)18(25)23-17(19(26)27)11-14-7-6-8-15(10-14)12-22/h6-8,10,13,16-17H,9,11H2,1-5H3,(H,23,25)(H,24,28)(H,26,27)/t16-,17+/m0/s1. The van der Waals surface area contributed by atoms with Crippen molar-refractivity contribution in [1.82, 2.24) is 10.6 Å². The molecule has 1 rings (SSSR count). The van der Waals surface area contributed by atoms with Crippen molar-refractivity contribution in [2.45, 2.75) is 65.1 Å². The molecule has 0 bridgehead atoms. The van der Waals surface area contributed by atoms with Crippen molar-refractivity contribution in [3.63, 3.8) is 0 Å². The Bertz CT molecular complexity index is 777. The second-order valence-electron chi connectivity index (χ2n) is 8.24. The molecule has 1 aromatic rings. The highest BCUT2D eigenvalue weighted by Gasteiger charge is 2.29. The second-order valence-corrected chi connectivity index (χ2v) is 8.24. The molecular weight excluding hydrogens is 374 g/mol. The van der Waals surface area contributed by atoms with E-state index >= 15 is 0 Å². The van der Waals surface area contributed by atoms with Crippen molar-refractivity contribution in [3.05, 3.63) is 35.4 Å². The molecule has 0 saturated heterocycles. The van der Waals surface area contributed by atoms with E-state index in [0.29, 0.717) is 17.5 Å². The van der Waals surface area contributed by atoms with Gasteiger partial charge in [0.2, 0.25) is 5.91 Å². The number of nitrogens with one attached hydrogen (secondary N) is 2. The number of benzene rings is 1. The average molecular weight is 403 g/mol. The summed E-state index contributed by atoms with van der Waals surface area (Å²) in [5.74, 6) is -1.73. The van der Waals surface area contributed by atoms with Crippen LogP contribution < -0.4 is 10.6 Å². The molecule has 1 aromatic carbocycles. The smallest absolute Gasteiger partial charge is 0.408 e. The summed E-state index contributed by atoms with van der Waals surface area (Å²) in [4.78, 5) is 36.4. The van der Waals surface area contributed by atoms with Gasteiger partial charge in [-0.25, -0.2) is 9.59 Å². The molecule has 2 atom stereocenters. The van der Waals surface area contributed by atoms with Gasteiger partial charge >= 0.3 is 12.1 Å². The molecule has 0 aliphatic rings. The number of hydrogen-bond acceptors (Lipinski definition) is 5. The first-order chi connectivity index (χ1) is 13.4. The highest BCUT2D eigenvalue weighted by atomic mass is 16.6. The van der Waals surface area contributed by atoms with Gasteiger partial charge in [0.1, 0.15) is 17.7 Å². The largest absolute Gasteiger partial charge is 0.480 e. The fraction of sp³-hybridized carbons (Fsp3) is 0.524. The van der Waals surface area contributed by atoms with Crippen LogP contribution in [0.2, 0.25) is 0 Å². The van der Waals surface area contributed by atoms with Crippen LogP contribution in [-0.2, 0) is 20.7 Å². The Hall–Kier alpha value is -3.08. The van der Waals surface area contributed by atoms with Crippen LogP contribution in [0.5, 0.6) is 0 Å². The molecule has 0 heterocycles. The fourth-order valence-corrected chi connectivity index (χ4v) is 2.63. The summed E-state index contributed by atoms with van der Waals surface area (Å²) in [6.45, 7) is 8.90. The molecule has 0 fully saturated rings. The maximum atomic E-state index is 12.7. The number of carboxylic acids is 1. The van der Waals surface area contributed by atoms with E-state index in [2.05, 4.69) is 10.6 Å². The van der Waals surface area contributed by atoms with E-state index in [4.69, 9.17) is 10.00 Å². The zero-order chi connectivity index (χ0) is 22.2. The van der Waals surface area contributed by atoms with Crippen LogP contribution in [-0.4, -0.2) is 40.8 Å². The number of ether oxygens (including phenoxy) is 1. The molecule has 3 N–H and O–H groups in total. The Balaban J connectivity index is 2.90. The van der Waals surface area contributed by atoms with E-state index < -0.39 is 35.7 Å². The molecule has 0 aliphatic heterocycles. The second kappa shape index (κ2) is 10.5. The molecule has 0 radical (unpaired) electrons. The zero-order valence-corrected chi connectivity index (χ0v) is 17.5. The summed E-state index contributed by atoms with van der Waals surface area (Å²) >= 11 is 0. The fourth-order valence-electron chi connectivity index (χ4n) is 2.63. The lowest BCUT2D eigenvalue weighted by atomic mass is 10.0. The Kier molecular flexibility index (Phi) is 8.64. The van der Waals surface area contributed by atoms with Gasteiger partial charge in [0.25, 0.3) is 0 Å². The van der Waals surface area contributed by atoms with Crippen molar-refractivity contribution in [3.8, 4) is 6.07 Å². The number of carbonyl (C=O) groups excluding carboxylic acids is 2. The van der Waals surface area contributed by atoms with E-state index in [0.717, 1.165) is 0 Å². The summed E-state index contributed by atoms with van der Waals surface area (Å²) in [5.41, 5.74) is 0.290. The minimum Gasteiger partial charge on any atom is -0.480 e. The summed E-state index contributed by atoms with van der Waals surface area (Å²) in [5, 5.41) is 23.5. The topological polar surface area (TPSA) is 129 Å². The molecule has 8 nitrogen and oxygen atoms in total. The van der Waals surface area contributed by atoms with E-state index in [1.807, 2.05) is 19.9 Å². The van der Waals surface area contributed by atoms with Crippen molar-refractivity contribution in [2.24, 2.45) is 5.92 Å². The first kappa shape index (κ1) is 24.0. The van der Waals surface area contributed by atoms with Crippen LogP contribution >= 0.6 is 0 Å². The Morgan fingerprint density at radius 1 is 1.17 bits per heavy atom. The van der Waals surface area contributed by atoms with Crippen LogP contribution in [0.25, 0.3) is 0 Å². The van der Waals surface area contributed by atoms with Gasteiger partial charge in [-0.3, -0.25) is 4.79 Å². The number of aliphatic carboxylic acids is 1. The van der Waals surface area contributed by atoms with Crippen molar-refractivity contribution in [2.75, 3.05) is 0 Å². The van der Waals surface area contributed by atoms with Gasteiger partial charge < -0.3 is 20.5 Å². The summed E-state index contributed by atoms with van der Waals surface area (Å²) in [7, 11) is 0. The van der Waals surface area contributed by atoms with Crippen LogP contribution in [0, 0.1) is 17.2 Å². The van der Waals surface area contributed by atoms with Crippen LogP contribution in [0.15, 0.2) is 24.3 Å². The number of carbonyl (C=O) groups is 3. The molecule has 0 aliphatic carbocycles. The number of hydrogen-bond donors (Lipinski definition) is 3. The Labute approximate surface area is 171 Å². The van der Waals surface area contributed by atoms with E-state index in [1.165, 1.54) is 0 Å². The number of amides is 2. The first-order valence-electron chi connectivity index (χ1n) is 9.43. The predicted octanol–water partition coefficient (Wildman–Crippen LogP) is 2.61. The lowest BCUT2D eigenvalue weighted by molar-refractivity contribution is -0.142. The Morgan fingerprint density at radius 2 is 1.83 bits per heavy atom. The molecule has 2 amide bonds. The molecular formula is C21H29N3O5. The molecule has 158 valence electrons. The summed E-state index contributed by atoms with van der Waals surface area (Å²) in [6, 6.07) is 6.39. The lowest BCUT2D eigenvalue weighted by Gasteiger charge is -2.25. The maximum Gasteiger partial charge on any atom is 0.408 e. The zero-order valence-electron chi connectivity index (χ0n) is 17.5. The monoisotopic (exact) mass is 403 g/mol. The van der Waals surface area contributed by atoms with Gasteiger partial charge in [0.05, 0.1) is 11.6 Å². The molecule has 0 aromatic heterocycles. The SMILES string of the molecule is CC(C)C[C@H](NC(=O)OC(C)(C)C)C(=O)N[C@H](Cc1cccc(C#N)c1)C(=O)O. The third-order valence-corrected chi connectivity index (χ3v) is 3.83. The molecule has 0 unspecified atom stereocenters. The minimum atomic E-state index is -1.21. The first-order valence-corrected chi connectivity index (χ1v) is 9.43. The summed E-state index contributed by atoms with van der Waals surface area (Å²) < 4.78 is 5.20. The number of alkyl carbamates (subject to hydrolysis) is 1. The molecule has 29 heavy (non-hydrogen) atoms. The van der Waals surface area contributed by atoms with Gasteiger partial charge in [-0.1, -0.05) is 26.0 Å². The van der Waals surface area contributed by atoms with Crippen molar-refractivity contribution < 1.29 is 24.2 Å². The van der Waals surface area contributed by atoms with Gasteiger partial charge in [-0.2, -0.15) is 5.26 Å². The van der Waals surface area contributed by atoms with Gasteiger partial charge in [-0.15, -0.1) is 0 Å². The quantitative estimate of drug-likeness (QED) is 0.612. The Morgan fingerprint density at radius 3 is 2.34 bits per heavy atom. The van der Waals surface area contributed by atoms with Crippen molar-refractivity contribution in [1.29, 1.82) is 5.26 Å².